The van der Waals surface area contributed by atoms with Gasteiger partial charge in [0.2, 0.25) is 0 Å². The second kappa shape index (κ2) is 5.27. The third-order valence-electron chi connectivity index (χ3n) is 2.77. The van der Waals surface area contributed by atoms with Gasteiger partial charge in [0.1, 0.15) is 6.23 Å². The Kier molecular flexibility index (Phi) is 2.47. The minimum Gasteiger partial charge on any atom is -0.394 e. The average Bonchev–Trinajstić information content (AvgIpc) is 2.79. The molecule has 0 aliphatic carbocycles. The van der Waals surface area contributed by atoms with Gasteiger partial charge < -0.3 is 9.84 Å². The first-order valence-corrected chi connectivity index (χ1v) is 5.37. The molecule has 1 aliphatic heterocycles. The zero-order valence-electron chi connectivity index (χ0n) is 13.6. The molecule has 2 rings (SSSR count). The number of azide groups is 1. The molecular weight excluding hydrogens is 254 g/mol. The molecule has 1 aromatic heterocycles. The number of H-pyrrole nitrogens is 1. The monoisotopic (exact) mass is 271 g/mol. The molecule has 1 saturated heterocycles. The van der Waals surface area contributed by atoms with Gasteiger partial charge in [0.05, 0.1) is 20.1 Å². The Hall–Kier alpha value is -2.09. The van der Waals surface area contributed by atoms with Crippen molar-refractivity contribution in [1.29, 1.82) is 0 Å². The van der Waals surface area contributed by atoms with Crippen LogP contribution in [0, 0.1) is 6.85 Å². The number of aromatic amines is 1. The average molecular weight is 271 g/mol. The summed E-state index contributed by atoms with van der Waals surface area (Å²) >= 11 is 0. The van der Waals surface area contributed by atoms with Gasteiger partial charge in [-0.2, -0.15) is 0 Å². The minimum absolute atomic E-state index is 0.0481. The first kappa shape index (κ1) is 8.92. The maximum atomic E-state index is 11.9. The van der Waals surface area contributed by atoms with Gasteiger partial charge in [0, 0.05) is 27.2 Å². The molecule has 0 spiro atoms. The van der Waals surface area contributed by atoms with E-state index in [-0.39, 0.29) is 6.42 Å². The number of hydrogen-bond donors (Lipinski definition) is 2. The van der Waals surface area contributed by atoms with E-state index in [2.05, 4.69) is 10.0 Å². The van der Waals surface area contributed by atoms with Crippen LogP contribution in [-0.2, 0) is 4.74 Å². The predicted molar refractivity (Wildman–Crippen MR) is 64.6 cm³/mol. The highest BCUT2D eigenvalue weighted by molar-refractivity contribution is 5.02. The Balaban J connectivity index is 2.55. The van der Waals surface area contributed by atoms with E-state index in [0.717, 1.165) is 0 Å². The Morgan fingerprint density at radius 2 is 2.63 bits per heavy atom. The highest BCUT2D eigenvalue weighted by Gasteiger charge is 2.35. The van der Waals surface area contributed by atoms with Crippen LogP contribution in [0.2, 0.25) is 0 Å². The molecule has 0 saturated carbocycles. The molecule has 1 aliphatic rings. The topological polar surface area (TPSA) is 133 Å². The number of aliphatic hydroxyl groups excluding tert-OH is 1. The molecule has 2 N–H and O–H groups in total. The molecule has 19 heavy (non-hydrogen) atoms. The maximum absolute atomic E-state index is 11.9. The van der Waals surface area contributed by atoms with Crippen molar-refractivity contribution in [3.8, 4) is 0 Å². The molecule has 102 valence electrons. The van der Waals surface area contributed by atoms with Crippen molar-refractivity contribution in [2.45, 2.75) is 31.6 Å². The zero-order valence-corrected chi connectivity index (χ0v) is 9.61. The molecular formula is C10H13N5O4. The predicted octanol–water partition coefficient (Wildman–Crippen LogP) is -0.196. The van der Waals surface area contributed by atoms with E-state index in [9.17, 15) is 14.7 Å². The summed E-state index contributed by atoms with van der Waals surface area (Å²) in [4.78, 5) is 28.1. The molecule has 0 aromatic carbocycles. The number of ether oxygens (including phenoxy) is 1. The molecule has 0 bridgehead atoms. The van der Waals surface area contributed by atoms with E-state index in [0.29, 0.717) is 4.57 Å². The standard InChI is InChI=1S/C10H13N5O4/c1-5-3-15(10(18)12-9(5)17)8-2-6(13-14-11)7(4-16)19-8/h3,6-8,16H,2,4H2,1H3,(H,12,17,18)/t6?,7-,8-/m1/s1/i1D3,3D. The fraction of sp³-hybridized carbons (Fsp3) is 0.600. The molecule has 0 amide bonds. The second-order valence-corrected chi connectivity index (χ2v) is 3.94. The van der Waals surface area contributed by atoms with E-state index in [1.165, 1.54) is 0 Å². The molecule has 1 aromatic rings. The van der Waals surface area contributed by atoms with Gasteiger partial charge in [-0.3, -0.25) is 14.3 Å². The molecule has 2 heterocycles. The van der Waals surface area contributed by atoms with Gasteiger partial charge in [0.15, 0.2) is 0 Å². The lowest BCUT2D eigenvalue weighted by Gasteiger charge is -2.14. The zero-order chi connectivity index (χ0) is 17.4. The van der Waals surface area contributed by atoms with Crippen LogP contribution in [-0.4, -0.2) is 33.4 Å². The third-order valence-corrected chi connectivity index (χ3v) is 2.77. The highest BCUT2D eigenvalue weighted by atomic mass is 16.5. The summed E-state index contributed by atoms with van der Waals surface area (Å²) in [6, 6.07) is -0.788. The number of nitrogens with zero attached hydrogens (tertiary/aromatic N) is 4. The van der Waals surface area contributed by atoms with E-state index >= 15 is 0 Å². The van der Waals surface area contributed by atoms with E-state index in [4.69, 9.17) is 15.8 Å². The van der Waals surface area contributed by atoms with E-state index < -0.39 is 54.8 Å². The van der Waals surface area contributed by atoms with Crippen LogP contribution >= 0.6 is 0 Å². The van der Waals surface area contributed by atoms with Crippen molar-refractivity contribution in [2.75, 3.05) is 6.61 Å². The summed E-state index contributed by atoms with van der Waals surface area (Å²) in [5, 5.41) is 12.6. The number of aromatic nitrogens is 2. The largest absolute Gasteiger partial charge is 0.394 e. The van der Waals surface area contributed by atoms with Gasteiger partial charge in [0.25, 0.3) is 5.56 Å². The number of rotatable bonds is 3. The SMILES string of the molecule is [2H]c1c(C([2H])([2H])[2H])c(=O)[nH]c(=O)n1[C@H]1CC(N=[N+]=[N-])[C@@H](CO)O1. The van der Waals surface area contributed by atoms with Gasteiger partial charge in [-0.05, 0) is 12.4 Å². The normalized spacial score (nSPS) is 29.8. The van der Waals surface area contributed by atoms with Crippen molar-refractivity contribution < 1.29 is 15.3 Å². The van der Waals surface area contributed by atoms with Crippen molar-refractivity contribution in [1.82, 2.24) is 9.55 Å². The van der Waals surface area contributed by atoms with Crippen molar-refractivity contribution in [3.05, 3.63) is 43.0 Å². The summed E-state index contributed by atoms with van der Waals surface area (Å²) in [5.41, 5.74) is 5.46. The van der Waals surface area contributed by atoms with Crippen LogP contribution in [0.1, 0.15) is 23.7 Å². The summed E-state index contributed by atoms with van der Waals surface area (Å²) in [6.45, 7) is -3.38. The lowest BCUT2D eigenvalue weighted by atomic mass is 10.1. The van der Waals surface area contributed by atoms with Gasteiger partial charge >= 0.3 is 5.69 Å². The lowest BCUT2D eigenvalue weighted by Crippen LogP contribution is -2.33. The van der Waals surface area contributed by atoms with Crippen molar-refractivity contribution in [3.63, 3.8) is 0 Å². The van der Waals surface area contributed by atoms with Crippen LogP contribution in [0.4, 0.5) is 0 Å². The summed E-state index contributed by atoms with van der Waals surface area (Å²) in [6.07, 6.45) is -2.89. The van der Waals surface area contributed by atoms with Gasteiger partial charge in [-0.15, -0.1) is 0 Å². The Morgan fingerprint density at radius 1 is 1.84 bits per heavy atom. The summed E-state index contributed by atoms with van der Waals surface area (Å²) < 4.78 is 35.8. The van der Waals surface area contributed by atoms with Crippen LogP contribution in [0.15, 0.2) is 20.9 Å². The Bertz CT molecular complexity index is 766. The van der Waals surface area contributed by atoms with Gasteiger partial charge in [-0.1, -0.05) is 5.11 Å². The number of aliphatic hydroxyl groups is 1. The quantitative estimate of drug-likeness (QED) is 0.447. The maximum Gasteiger partial charge on any atom is 0.330 e. The van der Waals surface area contributed by atoms with Crippen LogP contribution in [0.5, 0.6) is 0 Å². The molecule has 1 fully saturated rings. The van der Waals surface area contributed by atoms with Crippen molar-refractivity contribution >= 4 is 0 Å². The molecule has 9 heteroatoms. The van der Waals surface area contributed by atoms with Crippen molar-refractivity contribution in [2.24, 2.45) is 5.11 Å². The second-order valence-electron chi connectivity index (χ2n) is 3.94. The summed E-state index contributed by atoms with van der Waals surface area (Å²) in [5.74, 6) is 0. The Morgan fingerprint density at radius 3 is 3.26 bits per heavy atom. The van der Waals surface area contributed by atoms with Crippen LogP contribution < -0.4 is 11.2 Å². The molecule has 9 nitrogen and oxygen atoms in total. The smallest absolute Gasteiger partial charge is 0.330 e. The van der Waals surface area contributed by atoms with Crippen LogP contribution in [0.3, 0.4) is 0 Å². The van der Waals surface area contributed by atoms with E-state index in [1.54, 1.807) is 0 Å². The van der Waals surface area contributed by atoms with Crippen LogP contribution in [0.25, 0.3) is 10.4 Å². The molecule has 3 atom stereocenters. The number of hydrogen-bond acceptors (Lipinski definition) is 5. The van der Waals surface area contributed by atoms with E-state index in [1.807, 2.05) is 4.98 Å². The Labute approximate surface area is 112 Å². The first-order valence-electron chi connectivity index (χ1n) is 7.37. The highest BCUT2D eigenvalue weighted by Crippen LogP contribution is 2.29. The minimum atomic E-state index is -2.89. The molecule has 0 radical (unpaired) electrons. The fourth-order valence-corrected chi connectivity index (χ4v) is 1.87. The molecule has 1 unspecified atom stereocenters. The first-order chi connectivity index (χ1) is 10.7. The summed E-state index contributed by atoms with van der Waals surface area (Å²) in [7, 11) is 0. The number of nitrogens with one attached hydrogen (secondary N) is 1. The fourth-order valence-electron chi connectivity index (χ4n) is 1.87. The lowest BCUT2D eigenvalue weighted by molar-refractivity contribution is -0.0271. The third kappa shape index (κ3) is 2.53. The van der Waals surface area contributed by atoms with Gasteiger partial charge in [-0.25, -0.2) is 4.79 Å².